The molecule has 0 aliphatic rings. The van der Waals surface area contributed by atoms with E-state index in [1.807, 2.05) is 37.3 Å². The second kappa shape index (κ2) is 5.93. The number of rotatable bonds is 3. The molecule has 0 N–H and O–H groups in total. The molecule has 0 saturated carbocycles. The van der Waals surface area contributed by atoms with Gasteiger partial charge in [-0.2, -0.15) is 4.98 Å². The molecule has 22 heavy (non-hydrogen) atoms. The lowest BCUT2D eigenvalue weighted by atomic mass is 10.1. The van der Waals surface area contributed by atoms with E-state index in [0.717, 1.165) is 22.6 Å². The normalized spacial score (nSPS) is 10.5. The quantitative estimate of drug-likeness (QED) is 0.736. The van der Waals surface area contributed by atoms with Crippen LogP contribution in [-0.4, -0.2) is 22.1 Å². The first kappa shape index (κ1) is 14.2. The van der Waals surface area contributed by atoms with Gasteiger partial charge in [0, 0.05) is 17.3 Å². The van der Waals surface area contributed by atoms with Gasteiger partial charge in [-0.1, -0.05) is 30.3 Å². The third-order valence-electron chi connectivity index (χ3n) is 3.44. The molecule has 0 bridgehead atoms. The second-order valence-corrected chi connectivity index (χ2v) is 5.10. The molecule has 2 heterocycles. The maximum absolute atomic E-state index is 5.21. The van der Waals surface area contributed by atoms with Crippen molar-refractivity contribution in [2.24, 2.45) is 0 Å². The van der Waals surface area contributed by atoms with Gasteiger partial charge in [-0.05, 0) is 31.5 Å². The summed E-state index contributed by atoms with van der Waals surface area (Å²) in [5.74, 6) is 1.12. The van der Waals surface area contributed by atoms with Crippen molar-refractivity contribution in [2.45, 2.75) is 13.8 Å². The van der Waals surface area contributed by atoms with Crippen LogP contribution in [0.5, 0.6) is 5.88 Å². The van der Waals surface area contributed by atoms with Gasteiger partial charge in [-0.15, -0.1) is 0 Å². The van der Waals surface area contributed by atoms with Crippen LogP contribution in [-0.2, 0) is 0 Å². The zero-order valence-electron chi connectivity index (χ0n) is 12.9. The average Bonchev–Trinajstić information content (AvgIpc) is 2.55. The van der Waals surface area contributed by atoms with Crippen molar-refractivity contribution in [3.05, 3.63) is 59.8 Å². The first-order valence-electron chi connectivity index (χ1n) is 7.10. The number of ether oxygens (including phenoxy) is 1. The summed E-state index contributed by atoms with van der Waals surface area (Å²) >= 11 is 0. The molecule has 0 unspecified atom stereocenters. The van der Waals surface area contributed by atoms with Crippen LogP contribution >= 0.6 is 0 Å². The Balaban J connectivity index is 2.09. The predicted octanol–water partition coefficient (Wildman–Crippen LogP) is 3.83. The number of hydrogen-bond acceptors (Lipinski definition) is 4. The summed E-state index contributed by atoms with van der Waals surface area (Å²) in [6.45, 7) is 3.99. The minimum Gasteiger partial charge on any atom is -0.481 e. The number of pyridine rings is 1. The number of aromatic nitrogens is 3. The summed E-state index contributed by atoms with van der Waals surface area (Å²) in [7, 11) is 1.60. The molecule has 110 valence electrons. The SMILES string of the molecule is COc1cc(C)nc(-c2cccc(-c3ccccc3C)n2)n1. The van der Waals surface area contributed by atoms with Gasteiger partial charge < -0.3 is 4.74 Å². The van der Waals surface area contributed by atoms with Gasteiger partial charge in [-0.3, -0.25) is 0 Å². The van der Waals surface area contributed by atoms with E-state index < -0.39 is 0 Å². The van der Waals surface area contributed by atoms with E-state index in [2.05, 4.69) is 29.0 Å². The van der Waals surface area contributed by atoms with Crippen molar-refractivity contribution >= 4 is 0 Å². The Morgan fingerprint density at radius 2 is 1.59 bits per heavy atom. The van der Waals surface area contributed by atoms with Crippen LogP contribution in [0.4, 0.5) is 0 Å². The highest BCUT2D eigenvalue weighted by Crippen LogP contribution is 2.24. The van der Waals surface area contributed by atoms with Crippen LogP contribution in [0.15, 0.2) is 48.5 Å². The number of nitrogens with zero attached hydrogens (tertiary/aromatic N) is 3. The number of benzene rings is 1. The van der Waals surface area contributed by atoms with Crippen LogP contribution in [0.3, 0.4) is 0 Å². The largest absolute Gasteiger partial charge is 0.481 e. The predicted molar refractivity (Wildman–Crippen MR) is 86.7 cm³/mol. The highest BCUT2D eigenvalue weighted by molar-refractivity contribution is 5.66. The van der Waals surface area contributed by atoms with Crippen LogP contribution < -0.4 is 4.74 Å². The minimum atomic E-state index is 0.547. The van der Waals surface area contributed by atoms with E-state index in [0.29, 0.717) is 11.7 Å². The molecule has 0 atom stereocenters. The van der Waals surface area contributed by atoms with Crippen LogP contribution in [0.25, 0.3) is 22.8 Å². The molecule has 0 saturated heterocycles. The Labute approximate surface area is 129 Å². The van der Waals surface area contributed by atoms with E-state index >= 15 is 0 Å². The molecule has 4 heteroatoms. The minimum absolute atomic E-state index is 0.547. The fraction of sp³-hybridized carbons (Fsp3) is 0.167. The monoisotopic (exact) mass is 291 g/mol. The smallest absolute Gasteiger partial charge is 0.216 e. The van der Waals surface area contributed by atoms with Crippen molar-refractivity contribution in [1.82, 2.24) is 15.0 Å². The van der Waals surface area contributed by atoms with Crippen LogP contribution in [0, 0.1) is 13.8 Å². The zero-order chi connectivity index (χ0) is 15.5. The maximum Gasteiger partial charge on any atom is 0.216 e. The Bertz CT molecular complexity index is 815. The van der Waals surface area contributed by atoms with E-state index in [1.54, 1.807) is 13.2 Å². The summed E-state index contributed by atoms with van der Waals surface area (Å²) in [6, 6.07) is 15.9. The molecule has 0 spiro atoms. The molecular formula is C18H17N3O. The molecule has 3 rings (SSSR count). The number of hydrogen-bond donors (Lipinski definition) is 0. The van der Waals surface area contributed by atoms with Gasteiger partial charge >= 0.3 is 0 Å². The van der Waals surface area contributed by atoms with Gasteiger partial charge in [0.05, 0.1) is 12.8 Å². The van der Waals surface area contributed by atoms with Gasteiger partial charge in [0.25, 0.3) is 0 Å². The maximum atomic E-state index is 5.21. The lowest BCUT2D eigenvalue weighted by Gasteiger charge is -2.08. The molecule has 2 aromatic heterocycles. The molecule has 0 radical (unpaired) electrons. The lowest BCUT2D eigenvalue weighted by molar-refractivity contribution is 0.397. The molecule has 3 aromatic rings. The summed E-state index contributed by atoms with van der Waals surface area (Å²) in [6.07, 6.45) is 0. The van der Waals surface area contributed by atoms with Gasteiger partial charge in [0.1, 0.15) is 5.69 Å². The van der Waals surface area contributed by atoms with E-state index in [-0.39, 0.29) is 0 Å². The van der Waals surface area contributed by atoms with Crippen molar-refractivity contribution in [1.29, 1.82) is 0 Å². The molecule has 0 aliphatic heterocycles. The van der Waals surface area contributed by atoms with E-state index in [4.69, 9.17) is 9.72 Å². The Morgan fingerprint density at radius 3 is 2.36 bits per heavy atom. The summed E-state index contributed by atoms with van der Waals surface area (Å²) < 4.78 is 5.21. The molecule has 0 amide bonds. The topological polar surface area (TPSA) is 47.9 Å². The summed E-state index contributed by atoms with van der Waals surface area (Å²) in [4.78, 5) is 13.5. The standard InChI is InChI=1S/C18H17N3O/c1-12-7-4-5-8-14(12)15-9-6-10-16(20-15)18-19-13(2)11-17(21-18)22-3/h4-11H,1-3H3. The Kier molecular flexibility index (Phi) is 3.83. The zero-order valence-corrected chi connectivity index (χ0v) is 12.9. The average molecular weight is 291 g/mol. The van der Waals surface area contributed by atoms with Crippen LogP contribution in [0.1, 0.15) is 11.3 Å². The molecule has 0 fully saturated rings. The van der Waals surface area contributed by atoms with Gasteiger partial charge in [0.15, 0.2) is 5.82 Å². The molecule has 0 aliphatic carbocycles. The fourth-order valence-electron chi connectivity index (χ4n) is 2.33. The summed E-state index contributed by atoms with van der Waals surface area (Å²) in [5, 5.41) is 0. The molecule has 1 aromatic carbocycles. The van der Waals surface area contributed by atoms with Crippen molar-refractivity contribution < 1.29 is 4.74 Å². The lowest BCUT2D eigenvalue weighted by Crippen LogP contribution is -1.98. The van der Waals surface area contributed by atoms with Gasteiger partial charge in [-0.25, -0.2) is 9.97 Å². The first-order valence-corrected chi connectivity index (χ1v) is 7.10. The highest BCUT2D eigenvalue weighted by atomic mass is 16.5. The Hall–Kier alpha value is -2.75. The number of methoxy groups -OCH3 is 1. The second-order valence-electron chi connectivity index (χ2n) is 5.10. The fourth-order valence-corrected chi connectivity index (χ4v) is 2.33. The van der Waals surface area contributed by atoms with E-state index in [9.17, 15) is 0 Å². The molecule has 4 nitrogen and oxygen atoms in total. The highest BCUT2D eigenvalue weighted by Gasteiger charge is 2.09. The van der Waals surface area contributed by atoms with Crippen molar-refractivity contribution in [3.63, 3.8) is 0 Å². The number of aryl methyl sites for hydroxylation is 2. The van der Waals surface area contributed by atoms with Crippen LogP contribution in [0.2, 0.25) is 0 Å². The van der Waals surface area contributed by atoms with E-state index in [1.165, 1.54) is 5.56 Å². The van der Waals surface area contributed by atoms with Crippen molar-refractivity contribution in [2.75, 3.05) is 7.11 Å². The molecular weight excluding hydrogens is 274 g/mol. The van der Waals surface area contributed by atoms with Gasteiger partial charge in [0.2, 0.25) is 5.88 Å². The summed E-state index contributed by atoms with van der Waals surface area (Å²) in [5.41, 5.74) is 4.81. The third kappa shape index (κ3) is 2.81. The third-order valence-corrected chi connectivity index (χ3v) is 3.44. The Morgan fingerprint density at radius 1 is 0.818 bits per heavy atom. The van der Waals surface area contributed by atoms with Crippen molar-refractivity contribution in [3.8, 4) is 28.7 Å². The first-order chi connectivity index (χ1) is 10.7.